The minimum Gasteiger partial charge on any atom is -0.493 e. The quantitative estimate of drug-likeness (QED) is 0.545. The number of nitrogens with zero attached hydrogens (tertiary/aromatic N) is 4. The molecular formula is C23H25N5O3. The third kappa shape index (κ3) is 3.28. The summed E-state index contributed by atoms with van der Waals surface area (Å²) < 4.78 is 12.8. The Labute approximate surface area is 179 Å². The van der Waals surface area contributed by atoms with Crippen LogP contribution in [0.25, 0.3) is 21.9 Å². The second-order valence-electron chi connectivity index (χ2n) is 7.96. The molecule has 1 aliphatic heterocycles. The van der Waals surface area contributed by atoms with Gasteiger partial charge in [-0.2, -0.15) is 0 Å². The highest BCUT2D eigenvalue weighted by Gasteiger charge is 2.25. The largest absolute Gasteiger partial charge is 0.493 e. The van der Waals surface area contributed by atoms with E-state index in [2.05, 4.69) is 25.9 Å². The maximum absolute atomic E-state index is 12.7. The Bertz CT molecular complexity index is 1320. The molecule has 0 amide bonds. The molecule has 1 fully saturated rings. The summed E-state index contributed by atoms with van der Waals surface area (Å²) >= 11 is 0. The molecule has 160 valence electrons. The van der Waals surface area contributed by atoms with Crippen molar-refractivity contribution in [2.24, 2.45) is 0 Å². The maximum Gasteiger partial charge on any atom is 0.326 e. The lowest BCUT2D eigenvalue weighted by Crippen LogP contribution is -2.37. The van der Waals surface area contributed by atoms with Crippen molar-refractivity contribution in [3.8, 4) is 11.5 Å². The Morgan fingerprint density at radius 1 is 1.03 bits per heavy atom. The third-order valence-corrected chi connectivity index (χ3v) is 6.12. The van der Waals surface area contributed by atoms with Crippen molar-refractivity contribution in [2.75, 3.05) is 32.2 Å². The number of fused-ring (bicyclic) bond motifs is 2. The van der Waals surface area contributed by atoms with Gasteiger partial charge in [-0.1, -0.05) is 6.07 Å². The second-order valence-corrected chi connectivity index (χ2v) is 7.96. The molecule has 8 nitrogen and oxygen atoms in total. The van der Waals surface area contributed by atoms with Gasteiger partial charge in [0.2, 0.25) is 0 Å². The molecule has 31 heavy (non-hydrogen) atoms. The lowest BCUT2D eigenvalue weighted by atomic mass is 10.0. The van der Waals surface area contributed by atoms with E-state index in [1.165, 1.54) is 0 Å². The molecule has 0 saturated carbocycles. The Morgan fingerprint density at radius 2 is 1.77 bits per heavy atom. The summed E-state index contributed by atoms with van der Waals surface area (Å²) in [5, 5.41) is 0.929. The van der Waals surface area contributed by atoms with Gasteiger partial charge < -0.3 is 19.4 Å². The molecule has 4 aromatic rings. The van der Waals surface area contributed by atoms with E-state index in [1.54, 1.807) is 20.5 Å². The number of rotatable bonds is 4. The molecule has 0 spiro atoms. The molecule has 0 aliphatic carbocycles. The summed E-state index contributed by atoms with van der Waals surface area (Å²) in [5.74, 6) is 2.18. The molecule has 2 aromatic carbocycles. The smallest absolute Gasteiger partial charge is 0.326 e. The number of H-pyrrole nitrogens is 1. The number of methoxy groups -OCH3 is 2. The van der Waals surface area contributed by atoms with Crippen LogP contribution in [0.15, 0.2) is 41.5 Å². The number of hydrogen-bond donors (Lipinski definition) is 1. The van der Waals surface area contributed by atoms with Crippen molar-refractivity contribution < 1.29 is 9.47 Å². The molecule has 3 heterocycles. The Hall–Kier alpha value is -3.55. The molecule has 0 unspecified atom stereocenters. The fourth-order valence-electron chi connectivity index (χ4n) is 4.55. The summed E-state index contributed by atoms with van der Waals surface area (Å²) in [6.45, 7) is 3.65. The van der Waals surface area contributed by atoms with Crippen LogP contribution in [0.3, 0.4) is 0 Å². The van der Waals surface area contributed by atoms with E-state index >= 15 is 0 Å². The molecular weight excluding hydrogens is 394 g/mol. The molecule has 1 aliphatic rings. The van der Waals surface area contributed by atoms with Crippen molar-refractivity contribution in [3.63, 3.8) is 0 Å². The lowest BCUT2D eigenvalue weighted by Gasteiger charge is -2.33. The SMILES string of the molecule is COc1cc2ncnc(N3CCC(n4c(=O)[nH]c5ccc(C)cc54)CC3)c2cc1OC. The van der Waals surface area contributed by atoms with Gasteiger partial charge in [0.25, 0.3) is 0 Å². The molecule has 1 saturated heterocycles. The van der Waals surface area contributed by atoms with Gasteiger partial charge in [-0.15, -0.1) is 0 Å². The monoisotopic (exact) mass is 419 g/mol. The number of benzene rings is 2. The zero-order chi connectivity index (χ0) is 21.5. The van der Waals surface area contributed by atoms with E-state index in [-0.39, 0.29) is 11.7 Å². The standard InChI is InChI=1S/C23H25N5O3/c1-14-4-5-17-19(10-14)28(23(29)26-17)15-6-8-27(9-7-15)22-16-11-20(30-2)21(31-3)12-18(16)24-13-25-22/h4-5,10-13,15H,6-9H2,1-3H3,(H,26,29). The minimum absolute atomic E-state index is 0.0385. The number of aromatic amines is 1. The van der Waals surface area contributed by atoms with Crippen LogP contribution in [0, 0.1) is 6.92 Å². The lowest BCUT2D eigenvalue weighted by molar-refractivity contribution is 0.355. The Kier molecular flexibility index (Phi) is 4.77. The number of aromatic nitrogens is 4. The van der Waals surface area contributed by atoms with E-state index in [1.807, 2.05) is 35.8 Å². The van der Waals surface area contributed by atoms with Crippen LogP contribution < -0.4 is 20.1 Å². The first kappa shape index (κ1) is 19.4. The van der Waals surface area contributed by atoms with E-state index in [0.29, 0.717) is 11.5 Å². The first-order valence-electron chi connectivity index (χ1n) is 10.4. The Balaban J connectivity index is 1.45. The summed E-state index contributed by atoms with van der Waals surface area (Å²) in [5.41, 5.74) is 3.79. The van der Waals surface area contributed by atoms with Crippen LogP contribution in [0.2, 0.25) is 0 Å². The summed E-state index contributed by atoms with van der Waals surface area (Å²) in [6.07, 6.45) is 3.31. The van der Waals surface area contributed by atoms with E-state index < -0.39 is 0 Å². The second kappa shape index (κ2) is 7.61. The van der Waals surface area contributed by atoms with E-state index in [9.17, 15) is 4.79 Å². The zero-order valence-electron chi connectivity index (χ0n) is 17.9. The minimum atomic E-state index is -0.0385. The molecule has 1 N–H and O–H groups in total. The van der Waals surface area contributed by atoms with Gasteiger partial charge in [0.1, 0.15) is 12.1 Å². The van der Waals surface area contributed by atoms with Crippen molar-refractivity contribution in [1.82, 2.24) is 19.5 Å². The van der Waals surface area contributed by atoms with Crippen molar-refractivity contribution >= 4 is 27.8 Å². The van der Waals surface area contributed by atoms with Crippen molar-refractivity contribution in [1.29, 1.82) is 0 Å². The van der Waals surface area contributed by atoms with Crippen LogP contribution >= 0.6 is 0 Å². The fourth-order valence-corrected chi connectivity index (χ4v) is 4.55. The first-order valence-corrected chi connectivity index (χ1v) is 10.4. The maximum atomic E-state index is 12.7. The molecule has 2 aromatic heterocycles. The van der Waals surface area contributed by atoms with Gasteiger partial charge in [0.05, 0.1) is 30.8 Å². The first-order chi connectivity index (χ1) is 15.1. The number of imidazole rings is 1. The zero-order valence-corrected chi connectivity index (χ0v) is 17.9. The highest BCUT2D eigenvalue weighted by Crippen LogP contribution is 2.36. The molecule has 0 bridgehead atoms. The highest BCUT2D eigenvalue weighted by molar-refractivity contribution is 5.92. The highest BCUT2D eigenvalue weighted by atomic mass is 16.5. The van der Waals surface area contributed by atoms with E-state index in [0.717, 1.165) is 59.2 Å². The summed E-state index contributed by atoms with van der Waals surface area (Å²) in [4.78, 5) is 26.9. The van der Waals surface area contributed by atoms with Gasteiger partial charge in [-0.3, -0.25) is 4.57 Å². The topological polar surface area (TPSA) is 85.3 Å². The fraction of sp³-hybridized carbons (Fsp3) is 0.348. The molecule has 0 atom stereocenters. The van der Waals surface area contributed by atoms with Gasteiger partial charge in [-0.05, 0) is 43.5 Å². The number of piperidine rings is 1. The van der Waals surface area contributed by atoms with Gasteiger partial charge in [-0.25, -0.2) is 14.8 Å². The van der Waals surface area contributed by atoms with Crippen LogP contribution in [-0.4, -0.2) is 46.8 Å². The average molecular weight is 419 g/mol. The van der Waals surface area contributed by atoms with Gasteiger partial charge in [0, 0.05) is 30.6 Å². The predicted octanol–water partition coefficient (Wildman–Crippen LogP) is 3.44. The van der Waals surface area contributed by atoms with Crippen LogP contribution in [0.5, 0.6) is 11.5 Å². The third-order valence-electron chi connectivity index (χ3n) is 6.12. The van der Waals surface area contributed by atoms with Crippen LogP contribution in [0.1, 0.15) is 24.4 Å². The van der Waals surface area contributed by atoms with Crippen LogP contribution in [-0.2, 0) is 0 Å². The van der Waals surface area contributed by atoms with Crippen molar-refractivity contribution in [2.45, 2.75) is 25.8 Å². The predicted molar refractivity (Wildman–Crippen MR) is 120 cm³/mol. The number of nitrogens with one attached hydrogen (secondary N) is 1. The molecule has 5 rings (SSSR count). The summed E-state index contributed by atoms with van der Waals surface area (Å²) in [7, 11) is 3.24. The van der Waals surface area contributed by atoms with Crippen LogP contribution in [0.4, 0.5) is 5.82 Å². The number of aryl methyl sites for hydroxylation is 1. The number of anilines is 1. The van der Waals surface area contributed by atoms with Gasteiger partial charge >= 0.3 is 5.69 Å². The molecule has 0 radical (unpaired) electrons. The van der Waals surface area contributed by atoms with E-state index in [4.69, 9.17) is 9.47 Å². The molecule has 8 heteroatoms. The number of ether oxygens (including phenoxy) is 2. The van der Waals surface area contributed by atoms with Gasteiger partial charge in [0.15, 0.2) is 11.5 Å². The van der Waals surface area contributed by atoms with Crippen molar-refractivity contribution in [3.05, 3.63) is 52.7 Å². The Morgan fingerprint density at radius 3 is 2.52 bits per heavy atom. The normalized spacial score (nSPS) is 15.0. The summed E-state index contributed by atoms with van der Waals surface area (Å²) in [6, 6.07) is 10.0. The average Bonchev–Trinajstić information content (AvgIpc) is 3.12. The number of hydrogen-bond acceptors (Lipinski definition) is 6.